The summed E-state index contributed by atoms with van der Waals surface area (Å²) in [5.41, 5.74) is 1.39. The third kappa shape index (κ3) is 4.86. The van der Waals surface area contributed by atoms with Crippen molar-refractivity contribution in [2.24, 2.45) is 0 Å². The number of amides is 1. The number of hydrogen-bond acceptors (Lipinski definition) is 10. The van der Waals surface area contributed by atoms with Gasteiger partial charge < -0.3 is 9.47 Å². The number of carbonyl (C=O) groups excluding carboxylic acids is 1. The molecule has 3 aromatic rings. The van der Waals surface area contributed by atoms with Crippen molar-refractivity contribution in [3.8, 4) is 23.2 Å². The molecule has 154 valence electrons. The van der Waals surface area contributed by atoms with E-state index < -0.39 is 22.7 Å². The Balaban J connectivity index is 1.82. The Morgan fingerprint density at radius 1 is 1.27 bits per heavy atom. The SMILES string of the molecule is COc1cc(-c2nnn(Cc3ccncc3)n2)ccc1S(=O)(=O)NC(=O)OCC#N. The van der Waals surface area contributed by atoms with Crippen molar-refractivity contribution in [2.75, 3.05) is 13.7 Å². The third-order valence-electron chi connectivity index (χ3n) is 3.72. The average molecular weight is 429 g/mol. The van der Waals surface area contributed by atoms with Crippen molar-refractivity contribution in [1.82, 2.24) is 29.9 Å². The predicted octanol–water partition coefficient (Wildman–Crippen LogP) is 0.730. The van der Waals surface area contributed by atoms with Gasteiger partial charge in [0.25, 0.3) is 10.0 Å². The van der Waals surface area contributed by atoms with Gasteiger partial charge in [0.2, 0.25) is 5.82 Å². The van der Waals surface area contributed by atoms with Crippen LogP contribution >= 0.6 is 0 Å². The molecule has 30 heavy (non-hydrogen) atoms. The van der Waals surface area contributed by atoms with Gasteiger partial charge in [-0.15, -0.1) is 10.2 Å². The fourth-order valence-corrected chi connectivity index (χ4v) is 3.44. The number of aromatic nitrogens is 5. The van der Waals surface area contributed by atoms with Gasteiger partial charge in [-0.3, -0.25) is 4.98 Å². The van der Waals surface area contributed by atoms with Crippen LogP contribution in [0, 0.1) is 11.3 Å². The lowest BCUT2D eigenvalue weighted by Crippen LogP contribution is -2.31. The van der Waals surface area contributed by atoms with Crippen molar-refractivity contribution < 1.29 is 22.7 Å². The van der Waals surface area contributed by atoms with E-state index >= 15 is 0 Å². The molecule has 0 radical (unpaired) electrons. The maximum absolute atomic E-state index is 12.4. The molecular formula is C17H15N7O5S. The molecule has 0 unspecified atom stereocenters. The Morgan fingerprint density at radius 3 is 2.73 bits per heavy atom. The highest BCUT2D eigenvalue weighted by Crippen LogP contribution is 2.28. The van der Waals surface area contributed by atoms with Crippen LogP contribution in [0.3, 0.4) is 0 Å². The van der Waals surface area contributed by atoms with Gasteiger partial charge in [-0.2, -0.15) is 10.1 Å². The Labute approximate surface area is 171 Å². The third-order valence-corrected chi connectivity index (χ3v) is 5.07. The molecule has 1 aromatic carbocycles. The number of nitriles is 1. The average Bonchev–Trinajstić information content (AvgIpc) is 3.20. The number of methoxy groups -OCH3 is 1. The molecule has 12 nitrogen and oxygen atoms in total. The van der Waals surface area contributed by atoms with Crippen LogP contribution in [0.5, 0.6) is 5.75 Å². The van der Waals surface area contributed by atoms with Gasteiger partial charge >= 0.3 is 6.09 Å². The summed E-state index contributed by atoms with van der Waals surface area (Å²) in [4.78, 5) is 16.5. The van der Waals surface area contributed by atoms with Crippen LogP contribution in [-0.2, 0) is 21.3 Å². The van der Waals surface area contributed by atoms with Crippen LogP contribution in [0.15, 0.2) is 47.6 Å². The summed E-state index contributed by atoms with van der Waals surface area (Å²) in [5.74, 6) is 0.214. The summed E-state index contributed by atoms with van der Waals surface area (Å²) < 4.78 is 36.1. The highest BCUT2D eigenvalue weighted by atomic mass is 32.2. The maximum atomic E-state index is 12.4. The molecule has 0 atom stereocenters. The molecule has 0 bridgehead atoms. The van der Waals surface area contributed by atoms with E-state index in [4.69, 9.17) is 10.00 Å². The van der Waals surface area contributed by atoms with E-state index in [1.807, 2.05) is 12.1 Å². The number of benzene rings is 1. The minimum Gasteiger partial charge on any atom is -0.495 e. The molecule has 13 heteroatoms. The predicted molar refractivity (Wildman–Crippen MR) is 100 cm³/mol. The largest absolute Gasteiger partial charge is 0.495 e. The zero-order valence-corrected chi connectivity index (χ0v) is 16.4. The minimum absolute atomic E-state index is 0.0430. The second-order valence-corrected chi connectivity index (χ2v) is 7.36. The van der Waals surface area contributed by atoms with Gasteiger partial charge in [0.05, 0.1) is 13.7 Å². The van der Waals surface area contributed by atoms with Gasteiger partial charge in [-0.1, -0.05) is 0 Å². The summed E-state index contributed by atoms with van der Waals surface area (Å²) in [6, 6.07) is 9.29. The van der Waals surface area contributed by atoms with E-state index in [0.717, 1.165) is 5.56 Å². The summed E-state index contributed by atoms with van der Waals surface area (Å²) in [6.45, 7) is -0.202. The lowest BCUT2D eigenvalue weighted by molar-refractivity contribution is 0.166. The van der Waals surface area contributed by atoms with Crippen molar-refractivity contribution in [1.29, 1.82) is 5.26 Å². The van der Waals surface area contributed by atoms with Crippen LogP contribution in [0.1, 0.15) is 5.56 Å². The van der Waals surface area contributed by atoms with Crippen LogP contribution in [0.25, 0.3) is 11.4 Å². The normalized spacial score (nSPS) is 10.8. The van der Waals surface area contributed by atoms with E-state index in [0.29, 0.717) is 12.1 Å². The summed E-state index contributed by atoms with van der Waals surface area (Å²) in [5, 5.41) is 20.6. The Hall–Kier alpha value is -4.05. The van der Waals surface area contributed by atoms with Gasteiger partial charge in [-0.25, -0.2) is 17.9 Å². The highest BCUT2D eigenvalue weighted by molar-refractivity contribution is 7.90. The monoisotopic (exact) mass is 429 g/mol. The Kier molecular flexibility index (Phi) is 6.18. The molecule has 0 fully saturated rings. The van der Waals surface area contributed by atoms with Crippen LogP contribution < -0.4 is 9.46 Å². The number of pyridine rings is 1. The second kappa shape index (κ2) is 8.97. The van der Waals surface area contributed by atoms with Crippen LogP contribution in [0.2, 0.25) is 0 Å². The first-order valence-electron chi connectivity index (χ1n) is 8.34. The van der Waals surface area contributed by atoms with E-state index in [9.17, 15) is 13.2 Å². The zero-order chi connectivity index (χ0) is 21.6. The Morgan fingerprint density at radius 2 is 2.03 bits per heavy atom. The van der Waals surface area contributed by atoms with Crippen molar-refractivity contribution in [3.05, 3.63) is 48.3 Å². The smallest absolute Gasteiger partial charge is 0.422 e. The summed E-state index contributed by atoms with van der Waals surface area (Å²) in [7, 11) is -3.02. The molecule has 0 saturated carbocycles. The number of hydrogen-bond donors (Lipinski definition) is 1. The van der Waals surface area contributed by atoms with Gasteiger partial charge in [0, 0.05) is 18.0 Å². The molecule has 2 aromatic heterocycles. The number of sulfonamides is 1. The van der Waals surface area contributed by atoms with E-state index in [1.54, 1.807) is 23.2 Å². The first-order valence-corrected chi connectivity index (χ1v) is 9.83. The van der Waals surface area contributed by atoms with Gasteiger partial charge in [0.15, 0.2) is 6.61 Å². The number of nitrogens with zero attached hydrogens (tertiary/aromatic N) is 6. The van der Waals surface area contributed by atoms with Crippen molar-refractivity contribution >= 4 is 16.1 Å². The zero-order valence-electron chi connectivity index (χ0n) is 15.6. The quantitative estimate of drug-likeness (QED) is 0.566. The summed E-state index contributed by atoms with van der Waals surface area (Å²) in [6.07, 6.45) is 2.03. The second-order valence-electron chi connectivity index (χ2n) is 5.70. The fourth-order valence-electron chi connectivity index (χ4n) is 2.40. The topological polar surface area (TPSA) is 162 Å². The van der Waals surface area contributed by atoms with Crippen molar-refractivity contribution in [2.45, 2.75) is 11.4 Å². The van der Waals surface area contributed by atoms with Crippen LogP contribution in [0.4, 0.5) is 4.79 Å². The first-order chi connectivity index (χ1) is 14.4. The molecule has 2 heterocycles. The number of ether oxygens (including phenoxy) is 2. The molecule has 3 rings (SSSR count). The Bertz CT molecular complexity index is 1190. The number of nitrogens with one attached hydrogen (secondary N) is 1. The molecule has 1 amide bonds. The molecule has 0 spiro atoms. The molecule has 1 N–H and O–H groups in total. The van der Waals surface area contributed by atoms with E-state index in [1.165, 1.54) is 30.1 Å². The summed E-state index contributed by atoms with van der Waals surface area (Å²) >= 11 is 0. The standard InChI is InChI=1S/C17H15N7O5S/c1-28-14-10-13(2-3-15(14)30(26,27)22-17(25)29-9-6-18)16-20-23-24(21-16)11-12-4-7-19-8-5-12/h2-5,7-8,10H,9,11H2,1H3,(H,22,25). The number of tetrazole rings is 1. The lowest BCUT2D eigenvalue weighted by atomic mass is 10.2. The maximum Gasteiger partial charge on any atom is 0.422 e. The van der Waals surface area contributed by atoms with Crippen LogP contribution in [-0.4, -0.2) is 53.4 Å². The minimum atomic E-state index is -4.29. The van der Waals surface area contributed by atoms with Gasteiger partial charge in [0.1, 0.15) is 16.7 Å². The number of carbonyl (C=O) groups is 1. The lowest BCUT2D eigenvalue weighted by Gasteiger charge is -2.11. The van der Waals surface area contributed by atoms with E-state index in [2.05, 4.69) is 25.1 Å². The highest BCUT2D eigenvalue weighted by Gasteiger charge is 2.24. The first kappa shape index (κ1) is 20.7. The number of rotatable bonds is 7. The molecule has 0 aliphatic heterocycles. The van der Waals surface area contributed by atoms with E-state index in [-0.39, 0.29) is 16.5 Å². The van der Waals surface area contributed by atoms with Crippen molar-refractivity contribution in [3.63, 3.8) is 0 Å². The fraction of sp³-hybridized carbons (Fsp3) is 0.176. The molecule has 0 aliphatic carbocycles. The molecule has 0 aliphatic rings. The molecule has 0 saturated heterocycles. The molecular weight excluding hydrogens is 414 g/mol. The van der Waals surface area contributed by atoms with Gasteiger partial charge in [-0.05, 0) is 41.1 Å².